The van der Waals surface area contributed by atoms with Gasteiger partial charge in [0, 0.05) is 6.08 Å². The Labute approximate surface area is 80.0 Å². The van der Waals surface area contributed by atoms with Crippen molar-refractivity contribution in [1.29, 1.82) is 0 Å². The number of likely N-dealkylation sites (N-methyl/N-ethyl adjacent to an activating group) is 1. The van der Waals surface area contributed by atoms with Crippen LogP contribution in [0.4, 0.5) is 0 Å². The van der Waals surface area contributed by atoms with Crippen molar-refractivity contribution in [3.63, 3.8) is 0 Å². The molecule has 0 saturated carbocycles. The van der Waals surface area contributed by atoms with Crippen LogP contribution in [0.5, 0.6) is 0 Å². The van der Waals surface area contributed by atoms with Crippen molar-refractivity contribution < 1.29 is 14.5 Å². The average Bonchev–Trinajstić information content (AvgIpc) is 2.20. The lowest BCUT2D eigenvalue weighted by Crippen LogP contribution is -3.15. The highest BCUT2D eigenvalue weighted by molar-refractivity contribution is 4.93. The predicted molar refractivity (Wildman–Crippen MR) is 50.8 cm³/mol. The number of rotatable bonds is 1. The molecule has 1 atom stereocenters. The molecule has 0 bridgehead atoms. The van der Waals surface area contributed by atoms with Crippen LogP contribution in [-0.4, -0.2) is 46.4 Å². The van der Waals surface area contributed by atoms with E-state index in [2.05, 4.69) is 13.1 Å². The van der Waals surface area contributed by atoms with Gasteiger partial charge in [-0.05, 0) is 0 Å². The lowest BCUT2D eigenvalue weighted by atomic mass is 10.2. The third kappa shape index (κ3) is 2.30. The molecular formula is C10H20N2O+2. The molecule has 1 saturated heterocycles. The minimum Gasteiger partial charge on any atom is -0.370 e. The van der Waals surface area contributed by atoms with Gasteiger partial charge in [-0.3, -0.25) is 0 Å². The molecule has 74 valence electrons. The lowest BCUT2D eigenvalue weighted by molar-refractivity contribution is -0.899. The molecule has 13 heavy (non-hydrogen) atoms. The van der Waals surface area contributed by atoms with Crippen molar-refractivity contribution in [2.24, 2.45) is 0 Å². The maximum atomic E-state index is 5.36. The Kier molecular flexibility index (Phi) is 2.98. The van der Waals surface area contributed by atoms with E-state index in [1.165, 1.54) is 32.6 Å². The van der Waals surface area contributed by atoms with E-state index in [4.69, 9.17) is 4.74 Å². The first-order valence-electron chi connectivity index (χ1n) is 5.29. The smallest absolute Gasteiger partial charge is 0.115 e. The van der Waals surface area contributed by atoms with Crippen LogP contribution in [0.25, 0.3) is 0 Å². The highest BCUT2D eigenvalue weighted by Gasteiger charge is 2.22. The van der Waals surface area contributed by atoms with Crippen LogP contribution >= 0.6 is 0 Å². The first kappa shape index (κ1) is 9.19. The number of morpholine rings is 1. The Morgan fingerprint density at radius 2 is 2.00 bits per heavy atom. The summed E-state index contributed by atoms with van der Waals surface area (Å²) in [5.41, 5.74) is 1.63. The molecule has 0 spiro atoms. The van der Waals surface area contributed by atoms with Crippen molar-refractivity contribution in [2.45, 2.75) is 6.42 Å². The third-order valence-corrected chi connectivity index (χ3v) is 3.07. The van der Waals surface area contributed by atoms with Crippen molar-refractivity contribution >= 4 is 0 Å². The first-order chi connectivity index (χ1) is 6.36. The molecule has 0 aliphatic carbocycles. The van der Waals surface area contributed by atoms with Crippen molar-refractivity contribution in [1.82, 2.24) is 0 Å². The SMILES string of the molecule is C[NH+]1CC=C([NH+]2CCOCC2)CC1. The first-order valence-corrected chi connectivity index (χ1v) is 5.29. The molecule has 0 amide bonds. The second-order valence-corrected chi connectivity index (χ2v) is 4.11. The van der Waals surface area contributed by atoms with Gasteiger partial charge < -0.3 is 14.5 Å². The zero-order valence-electron chi connectivity index (χ0n) is 8.44. The maximum absolute atomic E-state index is 5.36. The fraction of sp³-hybridized carbons (Fsp3) is 0.800. The largest absolute Gasteiger partial charge is 0.370 e. The normalized spacial score (nSPS) is 31.5. The fourth-order valence-electron chi connectivity index (χ4n) is 2.11. The Morgan fingerprint density at radius 1 is 1.23 bits per heavy atom. The van der Waals surface area contributed by atoms with E-state index >= 15 is 0 Å². The molecule has 0 aromatic carbocycles. The highest BCUT2D eigenvalue weighted by Crippen LogP contribution is 1.93. The van der Waals surface area contributed by atoms with Gasteiger partial charge in [0.1, 0.15) is 25.3 Å². The van der Waals surface area contributed by atoms with Crippen molar-refractivity contribution in [3.05, 3.63) is 11.8 Å². The molecule has 2 rings (SSSR count). The van der Waals surface area contributed by atoms with Crippen LogP contribution < -0.4 is 9.80 Å². The monoisotopic (exact) mass is 184 g/mol. The molecule has 0 radical (unpaired) electrons. The van der Waals surface area contributed by atoms with Gasteiger partial charge in [0.15, 0.2) is 0 Å². The minimum atomic E-state index is 0.940. The number of hydrogen-bond acceptors (Lipinski definition) is 1. The summed E-state index contributed by atoms with van der Waals surface area (Å²) in [4.78, 5) is 3.30. The summed E-state index contributed by atoms with van der Waals surface area (Å²) in [6.45, 7) is 6.73. The zero-order valence-corrected chi connectivity index (χ0v) is 8.44. The van der Waals surface area contributed by atoms with E-state index < -0.39 is 0 Å². The second-order valence-electron chi connectivity index (χ2n) is 4.11. The Balaban J connectivity index is 1.92. The molecular weight excluding hydrogens is 164 g/mol. The average molecular weight is 184 g/mol. The molecule has 2 N–H and O–H groups in total. The van der Waals surface area contributed by atoms with Gasteiger partial charge in [0.05, 0.1) is 33.2 Å². The number of hydrogen-bond donors (Lipinski definition) is 2. The summed E-state index contributed by atoms with van der Waals surface area (Å²) in [5, 5.41) is 0. The zero-order chi connectivity index (χ0) is 9.10. The van der Waals surface area contributed by atoms with E-state index in [1.807, 2.05) is 0 Å². The molecule has 2 aliphatic heterocycles. The molecule has 0 aromatic heterocycles. The van der Waals surface area contributed by atoms with Crippen LogP contribution in [0.2, 0.25) is 0 Å². The van der Waals surface area contributed by atoms with Gasteiger partial charge in [-0.25, -0.2) is 0 Å². The van der Waals surface area contributed by atoms with Gasteiger partial charge in [-0.1, -0.05) is 0 Å². The van der Waals surface area contributed by atoms with Gasteiger partial charge in [0.25, 0.3) is 0 Å². The van der Waals surface area contributed by atoms with Crippen LogP contribution in [0.3, 0.4) is 0 Å². The van der Waals surface area contributed by atoms with Crippen LogP contribution in [0.15, 0.2) is 11.8 Å². The molecule has 0 aromatic rings. The summed E-state index contributed by atoms with van der Waals surface area (Å²) >= 11 is 0. The molecule has 2 aliphatic rings. The Hall–Kier alpha value is -0.380. The molecule has 3 heteroatoms. The summed E-state index contributed by atoms with van der Waals surface area (Å²) in [7, 11) is 2.27. The second kappa shape index (κ2) is 4.22. The molecule has 2 heterocycles. The highest BCUT2D eigenvalue weighted by atomic mass is 16.5. The van der Waals surface area contributed by atoms with Crippen LogP contribution in [0.1, 0.15) is 6.42 Å². The fourth-order valence-corrected chi connectivity index (χ4v) is 2.11. The molecule has 1 unspecified atom stereocenters. The Bertz CT molecular complexity index is 197. The van der Waals surface area contributed by atoms with E-state index in [0.717, 1.165) is 13.2 Å². The molecule has 1 fully saturated rings. The molecule has 3 nitrogen and oxygen atoms in total. The number of ether oxygens (including phenoxy) is 1. The lowest BCUT2D eigenvalue weighted by Gasteiger charge is -2.28. The summed E-state index contributed by atoms with van der Waals surface area (Å²) in [6, 6.07) is 0. The van der Waals surface area contributed by atoms with E-state index in [9.17, 15) is 0 Å². The number of nitrogens with one attached hydrogen (secondary N) is 2. The third-order valence-electron chi connectivity index (χ3n) is 3.07. The Morgan fingerprint density at radius 3 is 2.62 bits per heavy atom. The summed E-state index contributed by atoms with van der Waals surface area (Å²) < 4.78 is 5.36. The minimum absolute atomic E-state index is 0.940. The quantitative estimate of drug-likeness (QED) is 0.469. The van der Waals surface area contributed by atoms with E-state index in [0.29, 0.717) is 0 Å². The maximum Gasteiger partial charge on any atom is 0.115 e. The van der Waals surface area contributed by atoms with E-state index in [1.54, 1.807) is 15.5 Å². The van der Waals surface area contributed by atoms with Crippen LogP contribution in [-0.2, 0) is 4.74 Å². The van der Waals surface area contributed by atoms with Gasteiger partial charge >= 0.3 is 0 Å². The van der Waals surface area contributed by atoms with Gasteiger partial charge in [-0.15, -0.1) is 0 Å². The standard InChI is InChI=1S/C10H18N2O/c1-11-4-2-10(3-5-11)12-6-8-13-9-7-12/h2H,3-9H2,1H3/p+2. The van der Waals surface area contributed by atoms with Crippen LogP contribution in [0, 0.1) is 0 Å². The van der Waals surface area contributed by atoms with Gasteiger partial charge in [-0.2, -0.15) is 0 Å². The topological polar surface area (TPSA) is 18.1 Å². The summed E-state index contributed by atoms with van der Waals surface area (Å²) in [5.74, 6) is 0. The van der Waals surface area contributed by atoms with Crippen molar-refractivity contribution in [3.8, 4) is 0 Å². The van der Waals surface area contributed by atoms with Crippen molar-refractivity contribution in [2.75, 3.05) is 46.4 Å². The summed E-state index contributed by atoms with van der Waals surface area (Å²) in [6.07, 6.45) is 3.71. The van der Waals surface area contributed by atoms with Gasteiger partial charge in [0.2, 0.25) is 0 Å². The number of quaternary nitrogens is 2. The van der Waals surface area contributed by atoms with E-state index in [-0.39, 0.29) is 0 Å². The predicted octanol–water partition coefficient (Wildman–Crippen LogP) is -2.30.